The van der Waals surface area contributed by atoms with E-state index in [1.54, 1.807) is 0 Å². The molecule has 0 aliphatic heterocycles. The van der Waals surface area contributed by atoms with E-state index >= 15 is 0 Å². The minimum absolute atomic E-state index is 0.0329. The van der Waals surface area contributed by atoms with Crippen molar-refractivity contribution in [2.75, 3.05) is 6.54 Å². The third-order valence-electron chi connectivity index (χ3n) is 14.1. The smallest absolute Gasteiger partial charge is 0.322 e. The van der Waals surface area contributed by atoms with Crippen LogP contribution in [0.4, 0.5) is 0 Å². The maximum Gasteiger partial charge on any atom is 0.322 e. The molecular weight excluding hydrogens is 504 g/mol. The first-order valence-corrected chi connectivity index (χ1v) is 15.3. The SMILES string of the molecule is CC1(C)/C(=N/O)CC[C@]2(C)[C@H]3C(=O)C=C4[C@]5(C)C[C@@](C)(C(=O)NCC(=O)O)CC[C@]5(C)CC[C@@]4(C)[C@]3(C)CC[C@@H]12. The summed E-state index contributed by atoms with van der Waals surface area (Å²) in [5, 5.41) is 25.3. The van der Waals surface area contributed by atoms with E-state index in [-0.39, 0.29) is 62.6 Å². The molecule has 0 aromatic heterocycles. The molecule has 222 valence electrons. The van der Waals surface area contributed by atoms with Gasteiger partial charge in [-0.25, -0.2) is 0 Å². The fourth-order valence-electron chi connectivity index (χ4n) is 11.4. The van der Waals surface area contributed by atoms with E-state index in [1.165, 1.54) is 5.57 Å². The van der Waals surface area contributed by atoms with E-state index < -0.39 is 11.4 Å². The number of ketones is 1. The third-order valence-corrected chi connectivity index (χ3v) is 14.1. The Bertz CT molecular complexity index is 1220. The number of carbonyl (C=O) groups is 3. The largest absolute Gasteiger partial charge is 0.480 e. The van der Waals surface area contributed by atoms with Gasteiger partial charge in [-0.1, -0.05) is 66.1 Å². The normalized spacial score (nSPS) is 48.6. The number of allylic oxidation sites excluding steroid dienone is 2. The number of amides is 1. The van der Waals surface area contributed by atoms with E-state index in [9.17, 15) is 19.6 Å². The number of aliphatic carboxylic acids is 1. The summed E-state index contributed by atoms with van der Waals surface area (Å²) in [5.74, 6) is -0.845. The van der Waals surface area contributed by atoms with Gasteiger partial charge in [-0.05, 0) is 96.9 Å². The number of hydrogen-bond donors (Lipinski definition) is 3. The number of carbonyl (C=O) groups excluding carboxylic acids is 2. The van der Waals surface area contributed by atoms with Crippen LogP contribution in [0.1, 0.15) is 113 Å². The second kappa shape index (κ2) is 8.67. The Morgan fingerprint density at radius 1 is 0.950 bits per heavy atom. The van der Waals surface area contributed by atoms with Gasteiger partial charge in [0.2, 0.25) is 5.91 Å². The van der Waals surface area contributed by atoms with Gasteiger partial charge in [0.1, 0.15) is 6.54 Å². The second-order valence-corrected chi connectivity index (χ2v) is 16.2. The Hall–Kier alpha value is -2.18. The van der Waals surface area contributed by atoms with Crippen LogP contribution in [0.15, 0.2) is 16.8 Å². The van der Waals surface area contributed by atoms with Crippen LogP contribution in [-0.2, 0) is 14.4 Å². The summed E-state index contributed by atoms with van der Waals surface area (Å²) < 4.78 is 0. The monoisotopic (exact) mass is 554 g/mol. The standard InChI is InChI=1S/C33H50N2O5/c1-27(2)21-9-12-32(7)25(30(21,5)11-10-23(27)35-40)20(36)17-22-31(32,6)16-15-29(4)14-13-28(3,19-33(22,29)8)26(39)34-18-24(37)38/h17,21,25,40H,9-16,18-19H2,1-8H3,(H,34,39)(H,37,38)/b35-23+/t21-,25+,28-,29+,30-,31+,32+,33-/m0/s1. The van der Waals surface area contributed by atoms with Crippen molar-refractivity contribution in [3.05, 3.63) is 11.6 Å². The Morgan fingerprint density at radius 2 is 1.60 bits per heavy atom. The number of nitrogens with zero attached hydrogens (tertiary/aromatic N) is 1. The summed E-state index contributed by atoms with van der Waals surface area (Å²) in [4.78, 5) is 39.1. The van der Waals surface area contributed by atoms with Gasteiger partial charge in [0.05, 0.1) is 5.71 Å². The number of nitrogens with one attached hydrogen (secondary N) is 1. The molecule has 5 aliphatic rings. The molecule has 0 aromatic rings. The van der Waals surface area contributed by atoms with Gasteiger partial charge in [-0.3, -0.25) is 14.4 Å². The Morgan fingerprint density at radius 3 is 2.23 bits per heavy atom. The highest BCUT2D eigenvalue weighted by molar-refractivity contribution is 5.97. The number of fused-ring (bicyclic) bond motifs is 7. The van der Waals surface area contributed by atoms with Crippen molar-refractivity contribution in [2.24, 2.45) is 54.9 Å². The molecule has 7 heteroatoms. The van der Waals surface area contributed by atoms with Crippen molar-refractivity contribution in [1.82, 2.24) is 5.32 Å². The molecule has 0 heterocycles. The number of hydrogen-bond acceptors (Lipinski definition) is 5. The molecule has 40 heavy (non-hydrogen) atoms. The van der Waals surface area contributed by atoms with Gasteiger partial charge in [0.15, 0.2) is 5.78 Å². The molecule has 3 N–H and O–H groups in total. The van der Waals surface area contributed by atoms with Crippen LogP contribution in [-0.4, -0.2) is 40.2 Å². The first-order valence-electron chi connectivity index (χ1n) is 15.3. The van der Waals surface area contributed by atoms with Crippen molar-refractivity contribution in [3.63, 3.8) is 0 Å². The Kier molecular flexibility index (Phi) is 6.35. The molecule has 8 atom stereocenters. The molecule has 4 fully saturated rings. The third kappa shape index (κ3) is 3.54. The van der Waals surface area contributed by atoms with E-state index in [4.69, 9.17) is 5.11 Å². The number of carboxylic acid groups (broad SMARTS) is 1. The molecule has 0 spiro atoms. The quantitative estimate of drug-likeness (QED) is 0.276. The maximum absolute atomic E-state index is 14.5. The summed E-state index contributed by atoms with van der Waals surface area (Å²) >= 11 is 0. The van der Waals surface area contributed by atoms with Crippen LogP contribution >= 0.6 is 0 Å². The summed E-state index contributed by atoms with van der Waals surface area (Å²) in [7, 11) is 0. The zero-order chi connectivity index (χ0) is 29.7. The van der Waals surface area contributed by atoms with E-state index in [0.29, 0.717) is 19.3 Å². The molecule has 0 radical (unpaired) electrons. The van der Waals surface area contributed by atoms with Crippen molar-refractivity contribution < 1.29 is 24.7 Å². The predicted molar refractivity (Wildman–Crippen MR) is 154 cm³/mol. The highest BCUT2D eigenvalue weighted by atomic mass is 16.4. The summed E-state index contributed by atoms with van der Waals surface area (Å²) in [6.07, 6.45) is 9.80. The molecule has 1 amide bonds. The molecule has 4 saturated carbocycles. The van der Waals surface area contributed by atoms with Gasteiger partial charge in [-0.2, -0.15) is 0 Å². The Balaban J connectivity index is 1.59. The van der Waals surface area contributed by atoms with Crippen molar-refractivity contribution in [1.29, 1.82) is 0 Å². The molecule has 5 aliphatic carbocycles. The van der Waals surface area contributed by atoms with Crippen molar-refractivity contribution in [2.45, 2.75) is 113 Å². The highest BCUT2D eigenvalue weighted by Crippen LogP contribution is 2.77. The summed E-state index contributed by atoms with van der Waals surface area (Å²) in [6, 6.07) is 0. The molecule has 0 aromatic carbocycles. The molecule has 0 saturated heterocycles. The molecule has 0 bridgehead atoms. The first kappa shape index (κ1) is 29.3. The maximum atomic E-state index is 14.5. The lowest BCUT2D eigenvalue weighted by Crippen LogP contribution is -2.67. The number of oxime groups is 1. The molecule has 0 unspecified atom stereocenters. The number of rotatable bonds is 3. The lowest BCUT2D eigenvalue weighted by Gasteiger charge is -2.72. The zero-order valence-corrected chi connectivity index (χ0v) is 25.9. The molecular formula is C33H50N2O5. The van der Waals surface area contributed by atoms with Crippen LogP contribution in [0.25, 0.3) is 0 Å². The predicted octanol–water partition coefficient (Wildman–Crippen LogP) is 6.39. The van der Waals surface area contributed by atoms with Crippen LogP contribution < -0.4 is 5.32 Å². The lowest BCUT2D eigenvalue weighted by molar-refractivity contribution is -0.183. The average Bonchev–Trinajstić information content (AvgIpc) is 2.85. The fraction of sp³-hybridized carbons (Fsp3) is 0.818. The average molecular weight is 555 g/mol. The van der Waals surface area contributed by atoms with Crippen LogP contribution in [0.3, 0.4) is 0 Å². The van der Waals surface area contributed by atoms with Crippen LogP contribution in [0, 0.1) is 49.7 Å². The van der Waals surface area contributed by atoms with Gasteiger partial charge in [0.25, 0.3) is 0 Å². The van der Waals surface area contributed by atoms with Crippen LogP contribution in [0.2, 0.25) is 0 Å². The minimum Gasteiger partial charge on any atom is -0.480 e. The van der Waals surface area contributed by atoms with E-state index in [2.05, 4.69) is 58.9 Å². The van der Waals surface area contributed by atoms with E-state index in [1.807, 2.05) is 13.0 Å². The van der Waals surface area contributed by atoms with Crippen molar-refractivity contribution >= 4 is 23.4 Å². The van der Waals surface area contributed by atoms with Gasteiger partial charge in [0, 0.05) is 16.7 Å². The minimum atomic E-state index is -1.04. The van der Waals surface area contributed by atoms with Gasteiger partial charge in [-0.15, -0.1) is 0 Å². The fourth-order valence-corrected chi connectivity index (χ4v) is 11.4. The van der Waals surface area contributed by atoms with Gasteiger partial charge < -0.3 is 15.6 Å². The summed E-state index contributed by atoms with van der Waals surface area (Å²) in [5.41, 5.74) is 0.155. The molecule has 5 rings (SSSR count). The lowest BCUT2D eigenvalue weighted by atomic mass is 9.31. The summed E-state index contributed by atoms with van der Waals surface area (Å²) in [6.45, 7) is 17.7. The van der Waals surface area contributed by atoms with E-state index in [0.717, 1.165) is 44.2 Å². The van der Waals surface area contributed by atoms with Gasteiger partial charge >= 0.3 is 5.97 Å². The molecule has 7 nitrogen and oxygen atoms in total. The second-order valence-electron chi connectivity index (χ2n) is 16.2. The van der Waals surface area contributed by atoms with Crippen molar-refractivity contribution in [3.8, 4) is 0 Å². The highest BCUT2D eigenvalue weighted by Gasteiger charge is 2.72. The first-order chi connectivity index (χ1) is 18.3. The number of carboxylic acids is 1. The van der Waals surface area contributed by atoms with Crippen LogP contribution in [0.5, 0.6) is 0 Å². The topological polar surface area (TPSA) is 116 Å². The Labute approximate surface area is 239 Å². The zero-order valence-electron chi connectivity index (χ0n) is 25.9.